The van der Waals surface area contributed by atoms with Gasteiger partial charge in [-0.1, -0.05) is 23.2 Å². The summed E-state index contributed by atoms with van der Waals surface area (Å²) >= 11 is 12.8. The second-order valence-electron chi connectivity index (χ2n) is 9.12. The lowest BCUT2D eigenvalue weighted by Gasteiger charge is -2.43. The standard InChI is InChI=1S/C22H21Cl2F3N6O/c23-15-3-11-6-28-21(31-18-7-29-33(20(18)24)19-5-22(19,26)27)30-17(11)4-14(15)13-1-2-32(8-16(13)25)12-9-34-10-12/h3-4,6-7,12-13,16,19H,1-2,5,8-10H2,(H,28,30,31)/t13-,16+,19?/m1/s1. The molecular weight excluding hydrogens is 492 g/mol. The summed E-state index contributed by atoms with van der Waals surface area (Å²) < 4.78 is 48.3. The first-order chi connectivity index (χ1) is 16.3. The molecule has 6 rings (SSSR count). The van der Waals surface area contributed by atoms with Crippen molar-refractivity contribution in [2.45, 2.75) is 42.9 Å². The molecule has 3 atom stereocenters. The fourth-order valence-electron chi connectivity index (χ4n) is 4.69. The highest BCUT2D eigenvalue weighted by Crippen LogP contribution is 2.53. The molecule has 1 unspecified atom stereocenters. The smallest absolute Gasteiger partial charge is 0.272 e. The van der Waals surface area contributed by atoms with E-state index in [0.717, 1.165) is 16.8 Å². The predicted octanol–water partition coefficient (Wildman–Crippen LogP) is 4.98. The van der Waals surface area contributed by atoms with E-state index in [1.807, 2.05) is 0 Å². The van der Waals surface area contributed by atoms with Crippen LogP contribution in [0.3, 0.4) is 0 Å². The van der Waals surface area contributed by atoms with E-state index in [4.69, 9.17) is 27.9 Å². The molecule has 2 aliphatic heterocycles. The van der Waals surface area contributed by atoms with Crippen LogP contribution in [0.4, 0.5) is 24.8 Å². The Morgan fingerprint density at radius 2 is 1.97 bits per heavy atom. The van der Waals surface area contributed by atoms with E-state index >= 15 is 4.39 Å². The zero-order valence-corrected chi connectivity index (χ0v) is 19.4. The van der Waals surface area contributed by atoms with Crippen LogP contribution in [-0.4, -0.2) is 69.1 Å². The number of rotatable bonds is 5. The van der Waals surface area contributed by atoms with Gasteiger partial charge in [-0.15, -0.1) is 0 Å². The van der Waals surface area contributed by atoms with Gasteiger partial charge < -0.3 is 10.1 Å². The molecule has 12 heteroatoms. The van der Waals surface area contributed by atoms with Crippen LogP contribution in [0.1, 0.15) is 30.4 Å². The summed E-state index contributed by atoms with van der Waals surface area (Å²) in [5, 5.41) is 8.17. The van der Waals surface area contributed by atoms with Gasteiger partial charge in [0.15, 0.2) is 5.15 Å². The van der Waals surface area contributed by atoms with Crippen molar-refractivity contribution in [2.75, 3.05) is 31.6 Å². The SMILES string of the molecule is F[C@H]1CN(C2COC2)CC[C@@H]1c1cc2nc(Nc3cnn(C4CC4(F)F)c3Cl)ncc2cc1Cl. The van der Waals surface area contributed by atoms with Crippen molar-refractivity contribution in [1.82, 2.24) is 24.6 Å². The fraction of sp³-hybridized carbons (Fsp3) is 0.500. The first-order valence-electron chi connectivity index (χ1n) is 11.1. The van der Waals surface area contributed by atoms with E-state index in [1.165, 1.54) is 6.20 Å². The van der Waals surface area contributed by atoms with Gasteiger partial charge >= 0.3 is 0 Å². The number of aromatic nitrogens is 4. The third-order valence-corrected chi connectivity index (χ3v) is 7.58. The Morgan fingerprint density at radius 1 is 1.18 bits per heavy atom. The summed E-state index contributed by atoms with van der Waals surface area (Å²) in [5.41, 5.74) is 1.64. The minimum absolute atomic E-state index is 0.0616. The number of hydrogen-bond donors (Lipinski definition) is 1. The first kappa shape index (κ1) is 22.3. The van der Waals surface area contributed by atoms with Gasteiger partial charge in [0.2, 0.25) is 5.95 Å². The number of anilines is 2. The van der Waals surface area contributed by atoms with Gasteiger partial charge in [-0.2, -0.15) is 5.10 Å². The minimum atomic E-state index is -2.79. The molecule has 3 aliphatic rings. The summed E-state index contributed by atoms with van der Waals surface area (Å²) in [5.74, 6) is -2.90. The molecule has 0 amide bonds. The van der Waals surface area contributed by atoms with Gasteiger partial charge in [-0.25, -0.2) is 27.8 Å². The Labute approximate surface area is 203 Å². The Hall–Kier alpha value is -2.14. The summed E-state index contributed by atoms with van der Waals surface area (Å²) in [6.07, 6.45) is 2.28. The molecule has 4 heterocycles. The van der Waals surface area contributed by atoms with Crippen LogP contribution in [0.15, 0.2) is 24.5 Å². The maximum atomic E-state index is 15.2. The zero-order chi connectivity index (χ0) is 23.6. The molecule has 3 fully saturated rings. The van der Waals surface area contributed by atoms with Crippen LogP contribution in [0.25, 0.3) is 10.9 Å². The lowest BCUT2D eigenvalue weighted by molar-refractivity contribution is -0.0806. The molecule has 1 aliphatic carbocycles. The Kier molecular flexibility index (Phi) is 5.40. The first-order valence-corrected chi connectivity index (χ1v) is 11.9. The normalized spacial score (nSPS) is 27.0. The number of likely N-dealkylation sites (tertiary alicyclic amines) is 1. The largest absolute Gasteiger partial charge is 0.378 e. The average molecular weight is 513 g/mol. The maximum Gasteiger partial charge on any atom is 0.272 e. The van der Waals surface area contributed by atoms with Crippen molar-refractivity contribution in [3.63, 3.8) is 0 Å². The van der Waals surface area contributed by atoms with E-state index in [1.54, 1.807) is 18.3 Å². The quantitative estimate of drug-likeness (QED) is 0.519. The van der Waals surface area contributed by atoms with Crippen molar-refractivity contribution in [3.05, 3.63) is 40.3 Å². The number of alkyl halides is 3. The van der Waals surface area contributed by atoms with Crippen LogP contribution in [0.5, 0.6) is 0 Å². The number of nitrogens with zero attached hydrogens (tertiary/aromatic N) is 5. The summed E-state index contributed by atoms with van der Waals surface area (Å²) in [6, 6.07) is 2.82. The van der Waals surface area contributed by atoms with Crippen LogP contribution >= 0.6 is 23.2 Å². The highest BCUT2D eigenvalue weighted by atomic mass is 35.5. The number of nitrogens with one attached hydrogen (secondary N) is 1. The molecule has 0 spiro atoms. The molecule has 34 heavy (non-hydrogen) atoms. The number of halogens is 5. The van der Waals surface area contributed by atoms with Crippen molar-refractivity contribution in [1.29, 1.82) is 0 Å². The number of ether oxygens (including phenoxy) is 1. The van der Waals surface area contributed by atoms with Crippen molar-refractivity contribution < 1.29 is 17.9 Å². The molecule has 180 valence electrons. The van der Waals surface area contributed by atoms with Crippen molar-refractivity contribution in [3.8, 4) is 0 Å². The van der Waals surface area contributed by atoms with Gasteiger partial charge in [-0.3, -0.25) is 4.90 Å². The lowest BCUT2D eigenvalue weighted by Crippen LogP contribution is -2.54. The van der Waals surface area contributed by atoms with Crippen LogP contribution in [0.2, 0.25) is 10.2 Å². The molecule has 2 aromatic heterocycles. The Morgan fingerprint density at radius 3 is 2.65 bits per heavy atom. The van der Waals surface area contributed by atoms with Gasteiger partial charge in [0.1, 0.15) is 12.2 Å². The Bertz CT molecular complexity index is 1250. The summed E-state index contributed by atoms with van der Waals surface area (Å²) in [7, 11) is 0. The summed E-state index contributed by atoms with van der Waals surface area (Å²) in [4.78, 5) is 10.9. The van der Waals surface area contributed by atoms with E-state index < -0.39 is 18.1 Å². The van der Waals surface area contributed by atoms with E-state index in [0.29, 0.717) is 53.8 Å². The molecule has 1 N–H and O–H groups in total. The molecule has 2 saturated heterocycles. The number of piperidine rings is 1. The van der Waals surface area contributed by atoms with Crippen LogP contribution < -0.4 is 5.32 Å². The molecule has 3 aromatic rings. The second kappa shape index (κ2) is 8.22. The van der Waals surface area contributed by atoms with E-state index in [2.05, 4.69) is 25.3 Å². The molecule has 0 radical (unpaired) electrons. The van der Waals surface area contributed by atoms with Gasteiger partial charge in [-0.05, 0) is 30.7 Å². The number of hydrogen-bond acceptors (Lipinski definition) is 6. The highest BCUT2D eigenvalue weighted by molar-refractivity contribution is 6.32. The minimum Gasteiger partial charge on any atom is -0.378 e. The van der Waals surface area contributed by atoms with Crippen molar-refractivity contribution >= 4 is 45.7 Å². The molecular formula is C22H21Cl2F3N6O. The number of benzene rings is 1. The van der Waals surface area contributed by atoms with E-state index in [9.17, 15) is 8.78 Å². The third-order valence-electron chi connectivity index (χ3n) is 6.88. The molecule has 7 nitrogen and oxygen atoms in total. The highest BCUT2D eigenvalue weighted by Gasteiger charge is 2.59. The number of fused-ring (bicyclic) bond motifs is 1. The lowest BCUT2D eigenvalue weighted by atomic mass is 9.86. The predicted molar refractivity (Wildman–Crippen MR) is 122 cm³/mol. The van der Waals surface area contributed by atoms with Crippen LogP contribution in [0, 0.1) is 0 Å². The molecule has 1 saturated carbocycles. The van der Waals surface area contributed by atoms with Gasteiger partial charge in [0.05, 0.1) is 36.7 Å². The van der Waals surface area contributed by atoms with Gasteiger partial charge in [0, 0.05) is 35.5 Å². The maximum absolute atomic E-state index is 15.2. The second-order valence-corrected chi connectivity index (χ2v) is 9.89. The fourth-order valence-corrected chi connectivity index (χ4v) is 5.26. The van der Waals surface area contributed by atoms with Gasteiger partial charge in [0.25, 0.3) is 5.92 Å². The average Bonchev–Trinajstić information content (AvgIpc) is 3.24. The van der Waals surface area contributed by atoms with Crippen LogP contribution in [-0.2, 0) is 4.74 Å². The summed E-state index contributed by atoms with van der Waals surface area (Å²) in [6.45, 7) is 2.46. The monoisotopic (exact) mass is 512 g/mol. The topological polar surface area (TPSA) is 68.1 Å². The molecule has 1 aromatic carbocycles. The molecule has 0 bridgehead atoms. The zero-order valence-electron chi connectivity index (χ0n) is 17.9. The van der Waals surface area contributed by atoms with E-state index in [-0.39, 0.29) is 23.4 Å². The third kappa shape index (κ3) is 3.90. The van der Waals surface area contributed by atoms with Crippen molar-refractivity contribution in [2.24, 2.45) is 0 Å². The Balaban J connectivity index is 1.24.